The van der Waals surface area contributed by atoms with E-state index in [1.54, 1.807) is 0 Å². The lowest BCUT2D eigenvalue weighted by Gasteiger charge is -2.29. The van der Waals surface area contributed by atoms with Gasteiger partial charge in [-0.15, -0.1) is 24.0 Å². The highest BCUT2D eigenvalue weighted by atomic mass is 127. The number of nitrogens with one attached hydrogen (secondary N) is 1. The molecule has 1 aliphatic heterocycles. The Morgan fingerprint density at radius 1 is 1.17 bits per heavy atom. The Kier molecular flexibility index (Phi) is 6.90. The second-order valence-corrected chi connectivity index (χ2v) is 5.80. The van der Waals surface area contributed by atoms with Gasteiger partial charge in [-0.2, -0.15) is 0 Å². The molecule has 1 N–H and O–H groups in total. The molecule has 1 aromatic heterocycles. The van der Waals surface area contributed by atoms with Crippen LogP contribution in [-0.4, -0.2) is 35.6 Å². The molecule has 0 spiro atoms. The molecule has 2 heterocycles. The van der Waals surface area contributed by atoms with E-state index in [0.29, 0.717) is 0 Å². The quantitative estimate of drug-likeness (QED) is 0.454. The number of halogens is 1. The summed E-state index contributed by atoms with van der Waals surface area (Å²) in [6.07, 6.45) is 5.43. The summed E-state index contributed by atoms with van der Waals surface area (Å²) in [6.45, 7) is 2.69. The average molecular weight is 436 g/mol. The van der Waals surface area contributed by atoms with E-state index in [1.807, 2.05) is 7.05 Å². The van der Waals surface area contributed by atoms with Gasteiger partial charge >= 0.3 is 0 Å². The van der Waals surface area contributed by atoms with E-state index in [-0.39, 0.29) is 24.0 Å². The van der Waals surface area contributed by atoms with Crippen LogP contribution >= 0.6 is 24.0 Å². The molecule has 1 aromatic carbocycles. The van der Waals surface area contributed by atoms with Crippen LogP contribution in [0.2, 0.25) is 0 Å². The predicted octanol–water partition coefficient (Wildman–Crippen LogP) is 3.51. The fraction of sp³-hybridized carbons (Fsp3) is 0.316. The van der Waals surface area contributed by atoms with Gasteiger partial charge in [0.2, 0.25) is 0 Å². The SMILES string of the molecule is CN=C(NCc1cccn1C)N1CC=C(c2ccccc2)CC1.I. The Bertz CT molecular complexity index is 703. The van der Waals surface area contributed by atoms with Crippen LogP contribution < -0.4 is 5.32 Å². The van der Waals surface area contributed by atoms with Crippen LogP contribution in [0.4, 0.5) is 0 Å². The number of nitrogens with zero attached hydrogens (tertiary/aromatic N) is 3. The number of aryl methyl sites for hydroxylation is 1. The molecule has 0 saturated heterocycles. The van der Waals surface area contributed by atoms with Gasteiger partial charge in [-0.05, 0) is 29.7 Å². The predicted molar refractivity (Wildman–Crippen MR) is 112 cm³/mol. The molecule has 0 fully saturated rings. The molecule has 0 unspecified atom stereocenters. The standard InChI is InChI=1S/C19H24N4.HI/c1-20-19(21-15-18-9-6-12-22(18)2)23-13-10-17(11-14-23)16-7-4-3-5-8-16;/h3-10,12H,11,13-15H2,1-2H3,(H,20,21);1H. The van der Waals surface area contributed by atoms with Crippen LogP contribution in [0.25, 0.3) is 5.57 Å². The van der Waals surface area contributed by atoms with E-state index in [2.05, 4.69) is 81.6 Å². The van der Waals surface area contributed by atoms with Gasteiger partial charge in [-0.25, -0.2) is 0 Å². The van der Waals surface area contributed by atoms with Crippen molar-refractivity contribution in [3.05, 3.63) is 66.0 Å². The van der Waals surface area contributed by atoms with Gasteiger partial charge in [0.1, 0.15) is 0 Å². The fourth-order valence-corrected chi connectivity index (χ4v) is 2.96. The Morgan fingerprint density at radius 2 is 1.96 bits per heavy atom. The van der Waals surface area contributed by atoms with E-state index < -0.39 is 0 Å². The molecular weight excluding hydrogens is 411 g/mol. The van der Waals surface area contributed by atoms with Crippen LogP contribution in [-0.2, 0) is 13.6 Å². The summed E-state index contributed by atoms with van der Waals surface area (Å²) in [5.74, 6) is 0.967. The zero-order valence-corrected chi connectivity index (χ0v) is 16.6. The molecule has 24 heavy (non-hydrogen) atoms. The average Bonchev–Trinajstić information content (AvgIpc) is 3.02. The number of aromatic nitrogens is 1. The maximum Gasteiger partial charge on any atom is 0.194 e. The molecule has 0 aliphatic carbocycles. The van der Waals surface area contributed by atoms with Crippen molar-refractivity contribution in [2.75, 3.05) is 20.1 Å². The third kappa shape index (κ3) is 4.41. The third-order valence-corrected chi connectivity index (χ3v) is 4.34. The van der Waals surface area contributed by atoms with E-state index in [0.717, 1.165) is 32.0 Å². The van der Waals surface area contributed by atoms with Gasteiger partial charge in [0, 0.05) is 39.1 Å². The Balaban J connectivity index is 0.00000208. The molecule has 5 heteroatoms. The zero-order chi connectivity index (χ0) is 16.1. The molecule has 1 aliphatic rings. The second-order valence-electron chi connectivity index (χ2n) is 5.80. The first kappa shape index (κ1) is 18.6. The number of hydrogen-bond acceptors (Lipinski definition) is 1. The Hall–Kier alpha value is -1.76. The summed E-state index contributed by atoms with van der Waals surface area (Å²) in [5.41, 5.74) is 4.02. The second kappa shape index (κ2) is 8.92. The monoisotopic (exact) mass is 436 g/mol. The highest BCUT2D eigenvalue weighted by Crippen LogP contribution is 2.21. The first-order chi connectivity index (χ1) is 11.3. The maximum atomic E-state index is 4.43. The minimum atomic E-state index is 0. The Morgan fingerprint density at radius 3 is 2.54 bits per heavy atom. The van der Waals surface area contributed by atoms with Crippen LogP contribution in [0.1, 0.15) is 17.7 Å². The van der Waals surface area contributed by atoms with Gasteiger partial charge < -0.3 is 14.8 Å². The molecule has 0 saturated carbocycles. The van der Waals surface area contributed by atoms with Crippen LogP contribution in [0.3, 0.4) is 0 Å². The minimum absolute atomic E-state index is 0. The molecule has 0 amide bonds. The molecule has 0 radical (unpaired) electrons. The summed E-state index contributed by atoms with van der Waals surface area (Å²) in [5, 5.41) is 3.46. The summed E-state index contributed by atoms with van der Waals surface area (Å²) >= 11 is 0. The smallest absolute Gasteiger partial charge is 0.194 e. The lowest BCUT2D eigenvalue weighted by Crippen LogP contribution is -2.43. The number of hydrogen-bond donors (Lipinski definition) is 1. The number of rotatable bonds is 3. The lowest BCUT2D eigenvalue weighted by atomic mass is 10.00. The topological polar surface area (TPSA) is 32.6 Å². The van der Waals surface area contributed by atoms with Gasteiger partial charge in [0.05, 0.1) is 6.54 Å². The van der Waals surface area contributed by atoms with Crippen molar-refractivity contribution in [2.45, 2.75) is 13.0 Å². The summed E-state index contributed by atoms with van der Waals surface area (Å²) < 4.78 is 2.13. The molecule has 2 aromatic rings. The van der Waals surface area contributed by atoms with Crippen molar-refractivity contribution in [2.24, 2.45) is 12.0 Å². The van der Waals surface area contributed by atoms with Crippen molar-refractivity contribution < 1.29 is 0 Å². The largest absolute Gasteiger partial charge is 0.353 e. The molecule has 128 valence electrons. The summed E-state index contributed by atoms with van der Waals surface area (Å²) in [4.78, 5) is 6.73. The summed E-state index contributed by atoms with van der Waals surface area (Å²) in [6, 6.07) is 14.8. The first-order valence-corrected chi connectivity index (χ1v) is 8.08. The van der Waals surface area contributed by atoms with E-state index >= 15 is 0 Å². The molecule has 0 atom stereocenters. The van der Waals surface area contributed by atoms with Gasteiger partial charge in [0.15, 0.2) is 5.96 Å². The van der Waals surface area contributed by atoms with Gasteiger partial charge in [-0.3, -0.25) is 4.99 Å². The van der Waals surface area contributed by atoms with Crippen molar-refractivity contribution in [1.82, 2.24) is 14.8 Å². The van der Waals surface area contributed by atoms with Crippen molar-refractivity contribution >= 4 is 35.5 Å². The minimum Gasteiger partial charge on any atom is -0.353 e. The molecule has 4 nitrogen and oxygen atoms in total. The fourth-order valence-electron chi connectivity index (χ4n) is 2.96. The van der Waals surface area contributed by atoms with Crippen LogP contribution in [0, 0.1) is 0 Å². The molecule has 0 bridgehead atoms. The number of benzene rings is 1. The number of aliphatic imine (C=N–C) groups is 1. The van der Waals surface area contributed by atoms with Crippen molar-refractivity contribution in [3.8, 4) is 0 Å². The van der Waals surface area contributed by atoms with E-state index in [9.17, 15) is 0 Å². The zero-order valence-electron chi connectivity index (χ0n) is 14.3. The maximum absolute atomic E-state index is 4.43. The van der Waals surface area contributed by atoms with E-state index in [1.165, 1.54) is 16.8 Å². The molecular formula is C19H25IN4. The van der Waals surface area contributed by atoms with Gasteiger partial charge in [0.25, 0.3) is 0 Å². The first-order valence-electron chi connectivity index (χ1n) is 8.08. The third-order valence-electron chi connectivity index (χ3n) is 4.34. The Labute approximate surface area is 161 Å². The van der Waals surface area contributed by atoms with Crippen LogP contribution in [0.5, 0.6) is 0 Å². The van der Waals surface area contributed by atoms with Crippen molar-refractivity contribution in [3.63, 3.8) is 0 Å². The number of guanidine groups is 1. The highest BCUT2D eigenvalue weighted by molar-refractivity contribution is 14.0. The van der Waals surface area contributed by atoms with Crippen molar-refractivity contribution in [1.29, 1.82) is 0 Å². The molecule has 3 rings (SSSR count). The highest BCUT2D eigenvalue weighted by Gasteiger charge is 2.16. The summed E-state index contributed by atoms with van der Waals surface area (Å²) in [7, 11) is 3.92. The van der Waals surface area contributed by atoms with Gasteiger partial charge in [-0.1, -0.05) is 36.4 Å². The normalized spacial score (nSPS) is 14.8. The van der Waals surface area contributed by atoms with E-state index in [4.69, 9.17) is 0 Å². The lowest BCUT2D eigenvalue weighted by molar-refractivity contribution is 0.439. The van der Waals surface area contributed by atoms with Crippen LogP contribution in [0.15, 0.2) is 59.7 Å².